The van der Waals surface area contributed by atoms with Gasteiger partial charge >= 0.3 is 0 Å². The smallest absolute Gasteiger partial charge is 0.0686 e. The van der Waals surface area contributed by atoms with Crippen molar-refractivity contribution in [3.63, 3.8) is 0 Å². The minimum atomic E-state index is 0.193. The molecule has 1 spiro atoms. The first-order valence-corrected chi connectivity index (χ1v) is 8.52. The van der Waals surface area contributed by atoms with E-state index in [1.165, 1.54) is 44.1 Å². The summed E-state index contributed by atoms with van der Waals surface area (Å²) in [5.41, 5.74) is 2.70. The molecule has 2 heterocycles. The summed E-state index contributed by atoms with van der Waals surface area (Å²) in [6, 6.07) is 4.86. The van der Waals surface area contributed by atoms with Crippen molar-refractivity contribution < 1.29 is 4.74 Å². The molecule has 1 saturated carbocycles. The van der Waals surface area contributed by atoms with E-state index in [0.717, 1.165) is 18.8 Å². The molecule has 1 N–H and O–H groups in total. The fourth-order valence-electron chi connectivity index (χ4n) is 4.26. The molecule has 2 atom stereocenters. The second kappa shape index (κ2) is 6.45. The van der Waals surface area contributed by atoms with Crippen LogP contribution in [0.3, 0.4) is 0 Å². The standard InChI is InChI=1S/C18H28N2O/c1-3-19-17(15-6-10-20-14(2)12-15)16-7-11-21-18(13-16)8-4-5-9-18/h6,10,12,16-17,19H,3-5,7-9,11,13H2,1-2H3. The van der Waals surface area contributed by atoms with Crippen molar-refractivity contribution in [3.05, 3.63) is 29.6 Å². The maximum absolute atomic E-state index is 6.20. The molecule has 3 rings (SSSR count). The Morgan fingerprint density at radius 1 is 1.43 bits per heavy atom. The summed E-state index contributed by atoms with van der Waals surface area (Å²) in [7, 11) is 0. The first kappa shape index (κ1) is 15.0. The van der Waals surface area contributed by atoms with Gasteiger partial charge in [0.1, 0.15) is 0 Å². The van der Waals surface area contributed by atoms with Crippen LogP contribution in [0.15, 0.2) is 18.3 Å². The van der Waals surface area contributed by atoms with Crippen molar-refractivity contribution in [2.75, 3.05) is 13.2 Å². The number of aryl methyl sites for hydroxylation is 1. The number of ether oxygens (including phenoxy) is 1. The Kier molecular flexibility index (Phi) is 4.60. The fourth-order valence-corrected chi connectivity index (χ4v) is 4.26. The molecule has 1 saturated heterocycles. The molecular weight excluding hydrogens is 260 g/mol. The third-order valence-corrected chi connectivity index (χ3v) is 5.22. The van der Waals surface area contributed by atoms with Crippen LogP contribution >= 0.6 is 0 Å². The van der Waals surface area contributed by atoms with Crippen molar-refractivity contribution in [3.8, 4) is 0 Å². The van der Waals surface area contributed by atoms with E-state index in [1.807, 2.05) is 6.20 Å². The van der Waals surface area contributed by atoms with Gasteiger partial charge in [-0.2, -0.15) is 0 Å². The Hall–Kier alpha value is -0.930. The van der Waals surface area contributed by atoms with Gasteiger partial charge in [-0.05, 0) is 62.8 Å². The molecule has 1 aromatic heterocycles. The van der Waals surface area contributed by atoms with Gasteiger partial charge in [-0.1, -0.05) is 19.8 Å². The zero-order chi connectivity index (χ0) is 14.7. The van der Waals surface area contributed by atoms with Gasteiger partial charge in [0.15, 0.2) is 0 Å². The normalized spacial score (nSPS) is 26.1. The van der Waals surface area contributed by atoms with E-state index < -0.39 is 0 Å². The van der Waals surface area contributed by atoms with Gasteiger partial charge in [0, 0.05) is 24.5 Å². The van der Waals surface area contributed by atoms with Gasteiger partial charge < -0.3 is 10.1 Å². The number of rotatable bonds is 4. The Labute approximate surface area is 128 Å². The first-order chi connectivity index (χ1) is 10.2. The highest BCUT2D eigenvalue weighted by molar-refractivity contribution is 5.21. The number of pyridine rings is 1. The van der Waals surface area contributed by atoms with Gasteiger partial charge in [-0.3, -0.25) is 4.98 Å². The molecular formula is C18H28N2O. The zero-order valence-corrected chi connectivity index (χ0v) is 13.4. The molecule has 21 heavy (non-hydrogen) atoms. The second-order valence-electron chi connectivity index (χ2n) is 6.76. The minimum absolute atomic E-state index is 0.193. The zero-order valence-electron chi connectivity index (χ0n) is 13.4. The maximum atomic E-state index is 6.20. The van der Waals surface area contributed by atoms with E-state index >= 15 is 0 Å². The van der Waals surface area contributed by atoms with E-state index in [4.69, 9.17) is 4.74 Å². The average Bonchev–Trinajstić information content (AvgIpc) is 2.92. The third-order valence-electron chi connectivity index (χ3n) is 5.22. The number of nitrogens with one attached hydrogen (secondary N) is 1. The second-order valence-corrected chi connectivity index (χ2v) is 6.76. The van der Waals surface area contributed by atoms with E-state index in [2.05, 4.69) is 36.3 Å². The monoisotopic (exact) mass is 288 g/mol. The molecule has 0 aromatic carbocycles. The summed E-state index contributed by atoms with van der Waals surface area (Å²) in [6.07, 6.45) is 9.53. The van der Waals surface area contributed by atoms with Crippen molar-refractivity contribution in [2.45, 2.75) is 64.0 Å². The highest BCUT2D eigenvalue weighted by Crippen LogP contribution is 2.45. The molecule has 3 nitrogen and oxygen atoms in total. The summed E-state index contributed by atoms with van der Waals surface area (Å²) in [5, 5.41) is 3.72. The van der Waals surface area contributed by atoms with Crippen molar-refractivity contribution in [1.29, 1.82) is 0 Å². The van der Waals surface area contributed by atoms with Gasteiger partial charge in [0.25, 0.3) is 0 Å². The van der Waals surface area contributed by atoms with Crippen molar-refractivity contribution in [1.82, 2.24) is 10.3 Å². The van der Waals surface area contributed by atoms with Crippen LogP contribution in [-0.4, -0.2) is 23.7 Å². The lowest BCUT2D eigenvalue weighted by molar-refractivity contribution is -0.0981. The third kappa shape index (κ3) is 3.29. The molecule has 116 valence electrons. The van der Waals surface area contributed by atoms with Gasteiger partial charge in [-0.15, -0.1) is 0 Å². The van der Waals surface area contributed by atoms with Crippen LogP contribution in [0, 0.1) is 12.8 Å². The van der Waals surface area contributed by atoms with Crippen LogP contribution in [0.5, 0.6) is 0 Å². The molecule has 1 aliphatic carbocycles. The predicted octanol–water partition coefficient (Wildman–Crippen LogP) is 3.78. The highest BCUT2D eigenvalue weighted by Gasteiger charge is 2.42. The van der Waals surface area contributed by atoms with Crippen LogP contribution in [-0.2, 0) is 4.74 Å². The molecule has 1 aromatic rings. The van der Waals surface area contributed by atoms with E-state index in [1.54, 1.807) is 0 Å². The molecule has 2 fully saturated rings. The average molecular weight is 288 g/mol. The number of hydrogen-bond donors (Lipinski definition) is 1. The lowest BCUT2D eigenvalue weighted by Crippen LogP contribution is -2.42. The van der Waals surface area contributed by atoms with Crippen LogP contribution < -0.4 is 5.32 Å². The van der Waals surface area contributed by atoms with Gasteiger partial charge in [0.05, 0.1) is 5.60 Å². The topological polar surface area (TPSA) is 34.2 Å². The van der Waals surface area contributed by atoms with Gasteiger partial charge in [0.2, 0.25) is 0 Å². The quantitative estimate of drug-likeness (QED) is 0.915. The summed E-state index contributed by atoms with van der Waals surface area (Å²) >= 11 is 0. The Balaban J connectivity index is 1.80. The Bertz CT molecular complexity index is 468. The highest BCUT2D eigenvalue weighted by atomic mass is 16.5. The lowest BCUT2D eigenvalue weighted by Gasteiger charge is -2.41. The molecule has 3 heteroatoms. The van der Waals surface area contributed by atoms with Crippen molar-refractivity contribution >= 4 is 0 Å². The van der Waals surface area contributed by atoms with Crippen LogP contribution in [0.2, 0.25) is 0 Å². The Morgan fingerprint density at radius 3 is 2.95 bits per heavy atom. The van der Waals surface area contributed by atoms with Crippen LogP contribution in [0.25, 0.3) is 0 Å². The lowest BCUT2D eigenvalue weighted by atomic mass is 9.78. The van der Waals surface area contributed by atoms with E-state index in [-0.39, 0.29) is 5.60 Å². The molecule has 1 aliphatic heterocycles. The number of aromatic nitrogens is 1. The fraction of sp³-hybridized carbons (Fsp3) is 0.722. The molecule has 0 radical (unpaired) electrons. The molecule has 0 amide bonds. The minimum Gasteiger partial charge on any atom is -0.375 e. The predicted molar refractivity (Wildman–Crippen MR) is 85.3 cm³/mol. The van der Waals surface area contributed by atoms with Crippen molar-refractivity contribution in [2.24, 2.45) is 5.92 Å². The largest absolute Gasteiger partial charge is 0.375 e. The summed E-state index contributed by atoms with van der Waals surface area (Å²) in [4.78, 5) is 4.35. The maximum Gasteiger partial charge on any atom is 0.0686 e. The molecule has 0 bridgehead atoms. The van der Waals surface area contributed by atoms with E-state index in [9.17, 15) is 0 Å². The van der Waals surface area contributed by atoms with E-state index in [0.29, 0.717) is 12.0 Å². The summed E-state index contributed by atoms with van der Waals surface area (Å²) < 4.78 is 6.20. The Morgan fingerprint density at radius 2 is 2.24 bits per heavy atom. The van der Waals surface area contributed by atoms with Gasteiger partial charge in [-0.25, -0.2) is 0 Å². The summed E-state index contributed by atoms with van der Waals surface area (Å²) in [5.74, 6) is 0.679. The number of hydrogen-bond acceptors (Lipinski definition) is 3. The summed E-state index contributed by atoms with van der Waals surface area (Å²) in [6.45, 7) is 6.22. The van der Waals surface area contributed by atoms with Crippen LogP contribution in [0.1, 0.15) is 62.7 Å². The van der Waals surface area contributed by atoms with Crippen LogP contribution in [0.4, 0.5) is 0 Å². The molecule has 2 unspecified atom stereocenters. The number of nitrogens with zero attached hydrogens (tertiary/aromatic N) is 1. The SMILES string of the molecule is CCNC(c1ccnc(C)c1)C1CCOC2(CCCC2)C1. The first-order valence-electron chi connectivity index (χ1n) is 8.52. The molecule has 2 aliphatic rings.